The fourth-order valence-corrected chi connectivity index (χ4v) is 1.94. The van der Waals surface area contributed by atoms with Gasteiger partial charge in [0.1, 0.15) is 5.82 Å². The van der Waals surface area contributed by atoms with Crippen molar-refractivity contribution in [2.24, 2.45) is 0 Å². The molecule has 2 aromatic carbocycles. The topological polar surface area (TPSA) is 3.24 Å². The molecule has 3 heteroatoms. The summed E-state index contributed by atoms with van der Waals surface area (Å²) in [5.74, 6) is -0.168. The first-order chi connectivity index (χ1) is 8.18. The Morgan fingerprint density at radius 3 is 2.06 bits per heavy atom. The second kappa shape index (κ2) is 6.53. The Morgan fingerprint density at radius 1 is 0.889 bits per heavy atom. The summed E-state index contributed by atoms with van der Waals surface area (Å²) in [4.78, 5) is 2.08. The molecule has 1 nitrogen and oxygen atoms in total. The van der Waals surface area contributed by atoms with Gasteiger partial charge in [0, 0.05) is 12.1 Å². The van der Waals surface area contributed by atoms with Gasteiger partial charge in [0.2, 0.25) is 0 Å². The van der Waals surface area contributed by atoms with E-state index < -0.39 is 0 Å². The predicted octanol–water partition coefficient (Wildman–Crippen LogP) is 3.98. The van der Waals surface area contributed by atoms with E-state index in [9.17, 15) is 4.39 Å². The molecular weight excluding hydrogens is 249 g/mol. The van der Waals surface area contributed by atoms with Crippen molar-refractivity contribution in [2.75, 3.05) is 14.1 Å². The van der Waals surface area contributed by atoms with Gasteiger partial charge in [0.15, 0.2) is 0 Å². The number of hydrogen-bond acceptors (Lipinski definition) is 1. The summed E-state index contributed by atoms with van der Waals surface area (Å²) >= 11 is 0. The summed E-state index contributed by atoms with van der Waals surface area (Å²) in [7, 11) is 4.02. The minimum atomic E-state index is -0.168. The van der Waals surface area contributed by atoms with E-state index in [1.165, 1.54) is 6.07 Å². The summed E-state index contributed by atoms with van der Waals surface area (Å²) < 4.78 is 13.8. The molecule has 0 aromatic heterocycles. The highest BCUT2D eigenvalue weighted by atomic mass is 35.5. The number of rotatable bonds is 3. The molecule has 0 bridgehead atoms. The van der Waals surface area contributed by atoms with Gasteiger partial charge in [0.05, 0.1) is 0 Å². The van der Waals surface area contributed by atoms with Crippen LogP contribution in [0.25, 0.3) is 11.1 Å². The molecule has 96 valence electrons. The smallest absolute Gasteiger partial charge is 0.131 e. The predicted molar refractivity (Wildman–Crippen MR) is 76.5 cm³/mol. The zero-order valence-corrected chi connectivity index (χ0v) is 11.4. The highest BCUT2D eigenvalue weighted by Gasteiger charge is 2.08. The van der Waals surface area contributed by atoms with Gasteiger partial charge in [-0.05, 0) is 31.3 Å². The van der Waals surface area contributed by atoms with Gasteiger partial charge >= 0.3 is 0 Å². The molecule has 0 fully saturated rings. The third kappa shape index (κ3) is 3.31. The molecule has 2 aromatic rings. The Morgan fingerprint density at radius 2 is 1.44 bits per heavy atom. The SMILES string of the molecule is CN(C)Cc1ccccc1-c1ccccc1F.Cl. The van der Waals surface area contributed by atoms with Crippen molar-refractivity contribution in [3.8, 4) is 11.1 Å². The Bertz CT molecular complexity index is 511. The van der Waals surface area contributed by atoms with Gasteiger partial charge in [-0.25, -0.2) is 4.39 Å². The summed E-state index contributed by atoms with van der Waals surface area (Å²) in [6, 6.07) is 14.9. The Balaban J connectivity index is 0.00000162. The van der Waals surface area contributed by atoms with Gasteiger partial charge in [-0.2, -0.15) is 0 Å². The van der Waals surface area contributed by atoms with E-state index in [2.05, 4.69) is 4.90 Å². The minimum absolute atomic E-state index is 0. The van der Waals surface area contributed by atoms with Crippen LogP contribution in [0.15, 0.2) is 48.5 Å². The largest absolute Gasteiger partial charge is 0.305 e. The summed E-state index contributed by atoms with van der Waals surface area (Å²) in [6.45, 7) is 0.810. The maximum atomic E-state index is 13.8. The van der Waals surface area contributed by atoms with E-state index >= 15 is 0 Å². The van der Waals surface area contributed by atoms with E-state index in [0.29, 0.717) is 5.56 Å². The lowest BCUT2D eigenvalue weighted by Gasteiger charge is -2.14. The van der Waals surface area contributed by atoms with E-state index in [1.54, 1.807) is 6.07 Å². The number of benzene rings is 2. The van der Waals surface area contributed by atoms with E-state index in [4.69, 9.17) is 0 Å². The third-order valence-corrected chi connectivity index (χ3v) is 2.67. The van der Waals surface area contributed by atoms with Crippen LogP contribution in [0.4, 0.5) is 4.39 Å². The lowest BCUT2D eigenvalue weighted by Crippen LogP contribution is -2.11. The van der Waals surface area contributed by atoms with Crippen molar-refractivity contribution in [3.63, 3.8) is 0 Å². The number of nitrogens with zero attached hydrogens (tertiary/aromatic N) is 1. The van der Waals surface area contributed by atoms with Crippen LogP contribution in [0.3, 0.4) is 0 Å². The van der Waals surface area contributed by atoms with Crippen LogP contribution in [0.5, 0.6) is 0 Å². The molecule has 0 aliphatic heterocycles. The molecule has 0 amide bonds. The van der Waals surface area contributed by atoms with Crippen molar-refractivity contribution >= 4 is 12.4 Å². The van der Waals surface area contributed by atoms with Crippen molar-refractivity contribution in [1.29, 1.82) is 0 Å². The third-order valence-electron chi connectivity index (χ3n) is 2.67. The van der Waals surface area contributed by atoms with Crippen LogP contribution in [0.2, 0.25) is 0 Å². The average Bonchev–Trinajstić information content (AvgIpc) is 2.30. The molecule has 0 N–H and O–H groups in total. The molecule has 2 rings (SSSR count). The molecule has 0 unspecified atom stereocenters. The normalized spacial score (nSPS) is 10.2. The molecule has 18 heavy (non-hydrogen) atoms. The van der Waals surface area contributed by atoms with Gasteiger partial charge in [0.25, 0.3) is 0 Å². The molecule has 0 aliphatic carbocycles. The number of halogens is 2. The van der Waals surface area contributed by atoms with Gasteiger partial charge in [-0.15, -0.1) is 12.4 Å². The van der Waals surface area contributed by atoms with E-state index in [1.807, 2.05) is 50.5 Å². The monoisotopic (exact) mass is 265 g/mol. The van der Waals surface area contributed by atoms with Crippen LogP contribution in [0, 0.1) is 5.82 Å². The van der Waals surface area contributed by atoms with Crippen molar-refractivity contribution in [3.05, 3.63) is 59.9 Å². The molecule has 0 atom stereocenters. The zero-order valence-electron chi connectivity index (χ0n) is 10.6. The zero-order chi connectivity index (χ0) is 12.3. The Labute approximate surface area is 114 Å². The molecule has 0 saturated carbocycles. The van der Waals surface area contributed by atoms with E-state index in [-0.39, 0.29) is 18.2 Å². The fraction of sp³-hybridized carbons (Fsp3) is 0.200. The van der Waals surface area contributed by atoms with Crippen LogP contribution >= 0.6 is 12.4 Å². The van der Waals surface area contributed by atoms with Gasteiger partial charge < -0.3 is 4.90 Å². The van der Waals surface area contributed by atoms with Crippen molar-refractivity contribution in [2.45, 2.75) is 6.54 Å². The summed E-state index contributed by atoms with van der Waals surface area (Å²) in [6.07, 6.45) is 0. The maximum Gasteiger partial charge on any atom is 0.131 e. The first-order valence-corrected chi connectivity index (χ1v) is 5.66. The van der Waals surface area contributed by atoms with Gasteiger partial charge in [-0.3, -0.25) is 0 Å². The van der Waals surface area contributed by atoms with Gasteiger partial charge in [-0.1, -0.05) is 42.5 Å². The fourth-order valence-electron chi connectivity index (χ4n) is 1.94. The standard InChI is InChI=1S/C15H16FN.ClH/c1-17(2)11-12-7-3-4-8-13(12)14-9-5-6-10-15(14)16;/h3-10H,11H2,1-2H3;1H. The summed E-state index contributed by atoms with van der Waals surface area (Å²) in [5, 5.41) is 0. The molecule has 0 saturated heterocycles. The average molecular weight is 266 g/mol. The molecular formula is C15H17ClFN. The van der Waals surface area contributed by atoms with Crippen LogP contribution in [0.1, 0.15) is 5.56 Å². The minimum Gasteiger partial charge on any atom is -0.305 e. The first-order valence-electron chi connectivity index (χ1n) is 5.66. The number of hydrogen-bond donors (Lipinski definition) is 0. The summed E-state index contributed by atoms with van der Waals surface area (Å²) in [5.41, 5.74) is 2.78. The quantitative estimate of drug-likeness (QED) is 0.812. The van der Waals surface area contributed by atoms with E-state index in [0.717, 1.165) is 17.7 Å². The molecule has 0 radical (unpaired) electrons. The maximum absolute atomic E-state index is 13.8. The van der Waals surface area contributed by atoms with Crippen LogP contribution in [-0.4, -0.2) is 19.0 Å². The first kappa shape index (κ1) is 14.7. The Kier molecular flexibility index (Phi) is 5.32. The molecule has 0 aliphatic rings. The highest BCUT2D eigenvalue weighted by Crippen LogP contribution is 2.26. The molecule has 0 spiro atoms. The van der Waals surface area contributed by atoms with Crippen LogP contribution in [-0.2, 0) is 6.54 Å². The lowest BCUT2D eigenvalue weighted by atomic mass is 9.99. The second-order valence-corrected chi connectivity index (χ2v) is 4.37. The van der Waals surface area contributed by atoms with Crippen LogP contribution < -0.4 is 0 Å². The second-order valence-electron chi connectivity index (χ2n) is 4.37. The van der Waals surface area contributed by atoms with Crippen molar-refractivity contribution < 1.29 is 4.39 Å². The lowest BCUT2D eigenvalue weighted by molar-refractivity contribution is 0.403. The Hall–Kier alpha value is -1.38. The highest BCUT2D eigenvalue weighted by molar-refractivity contribution is 5.85. The van der Waals surface area contributed by atoms with Crippen molar-refractivity contribution in [1.82, 2.24) is 4.90 Å². The molecule has 0 heterocycles.